The molecule has 3 aromatic rings. The van der Waals surface area contributed by atoms with Crippen LogP contribution in [0.1, 0.15) is 25.6 Å². The number of thiophene rings is 1. The van der Waals surface area contributed by atoms with Gasteiger partial charge in [-0.3, -0.25) is 9.59 Å². The van der Waals surface area contributed by atoms with Crippen LogP contribution in [0.25, 0.3) is 6.08 Å². The highest BCUT2D eigenvalue weighted by molar-refractivity contribution is 7.10. The third-order valence-electron chi connectivity index (χ3n) is 3.99. The predicted molar refractivity (Wildman–Crippen MR) is 105 cm³/mol. The number of halogens is 1. The smallest absolute Gasteiger partial charge is 0.232 e. The summed E-state index contributed by atoms with van der Waals surface area (Å²) in [6.45, 7) is -0.119. The summed E-state index contributed by atoms with van der Waals surface area (Å²) >= 11 is 7.35. The minimum atomic E-state index is -0.165. The van der Waals surface area contributed by atoms with Crippen LogP contribution in [-0.4, -0.2) is 18.2 Å². The zero-order chi connectivity index (χ0) is 18.8. The normalized spacial score (nSPS) is 14.1. The molecule has 0 spiro atoms. The maximum Gasteiger partial charge on any atom is 0.232 e. The van der Waals surface area contributed by atoms with Crippen LogP contribution in [0.5, 0.6) is 11.5 Å². The summed E-state index contributed by atoms with van der Waals surface area (Å²) in [6.07, 6.45) is 1.72. The SMILES string of the molecule is O=C(COc1ccc2c(c1)O/C(=C\c1cccs1)C2=O)c1ccc(Cl)cc1. The lowest BCUT2D eigenvalue weighted by Gasteiger charge is -2.07. The summed E-state index contributed by atoms with van der Waals surface area (Å²) in [5.41, 5.74) is 1.00. The lowest BCUT2D eigenvalue weighted by Crippen LogP contribution is -2.11. The van der Waals surface area contributed by atoms with E-state index in [0.717, 1.165) is 4.88 Å². The van der Waals surface area contributed by atoms with Crippen LogP contribution >= 0.6 is 22.9 Å². The summed E-state index contributed by atoms with van der Waals surface area (Å²) in [4.78, 5) is 25.5. The molecule has 0 aliphatic carbocycles. The van der Waals surface area contributed by atoms with Crippen molar-refractivity contribution in [1.82, 2.24) is 0 Å². The molecular formula is C21H13ClO4S. The topological polar surface area (TPSA) is 52.6 Å². The zero-order valence-corrected chi connectivity index (χ0v) is 15.5. The Morgan fingerprint density at radius 3 is 2.70 bits per heavy atom. The van der Waals surface area contributed by atoms with Crippen molar-refractivity contribution in [3.8, 4) is 11.5 Å². The Kier molecular flexibility index (Phi) is 4.79. The largest absolute Gasteiger partial charge is 0.485 e. The molecule has 134 valence electrons. The first-order chi connectivity index (χ1) is 13.1. The molecule has 0 bridgehead atoms. The van der Waals surface area contributed by atoms with Gasteiger partial charge in [-0.25, -0.2) is 0 Å². The van der Waals surface area contributed by atoms with Crippen molar-refractivity contribution < 1.29 is 19.1 Å². The molecule has 1 aliphatic heterocycles. The molecule has 0 saturated carbocycles. The van der Waals surface area contributed by atoms with Gasteiger partial charge in [-0.15, -0.1) is 11.3 Å². The molecule has 0 saturated heterocycles. The second-order valence-electron chi connectivity index (χ2n) is 5.83. The Morgan fingerprint density at radius 2 is 1.96 bits per heavy atom. The number of allylic oxidation sites excluding steroid dienone is 1. The van der Waals surface area contributed by atoms with Crippen LogP contribution in [0.2, 0.25) is 5.02 Å². The van der Waals surface area contributed by atoms with E-state index in [0.29, 0.717) is 27.6 Å². The number of ketones is 2. The van der Waals surface area contributed by atoms with E-state index in [1.54, 1.807) is 48.5 Å². The molecule has 2 heterocycles. The van der Waals surface area contributed by atoms with Crippen molar-refractivity contribution in [1.29, 1.82) is 0 Å². The van der Waals surface area contributed by atoms with Crippen LogP contribution in [0.3, 0.4) is 0 Å². The average Bonchev–Trinajstić information content (AvgIpc) is 3.29. The fourth-order valence-electron chi connectivity index (χ4n) is 2.63. The maximum absolute atomic E-state index is 12.4. The summed E-state index contributed by atoms with van der Waals surface area (Å²) in [5.74, 6) is 0.840. The van der Waals surface area contributed by atoms with E-state index in [9.17, 15) is 9.59 Å². The molecule has 4 rings (SSSR count). The first-order valence-corrected chi connectivity index (χ1v) is 9.39. The molecule has 1 aliphatic rings. The van der Waals surface area contributed by atoms with E-state index in [1.165, 1.54) is 11.3 Å². The fourth-order valence-corrected chi connectivity index (χ4v) is 3.40. The monoisotopic (exact) mass is 396 g/mol. The van der Waals surface area contributed by atoms with Gasteiger partial charge in [0.1, 0.15) is 11.5 Å². The van der Waals surface area contributed by atoms with Gasteiger partial charge < -0.3 is 9.47 Å². The minimum Gasteiger partial charge on any atom is -0.485 e. The van der Waals surface area contributed by atoms with Crippen LogP contribution in [-0.2, 0) is 0 Å². The number of fused-ring (bicyclic) bond motifs is 1. The predicted octanol–water partition coefficient (Wildman–Crippen LogP) is 5.28. The minimum absolute atomic E-state index is 0.119. The molecule has 27 heavy (non-hydrogen) atoms. The van der Waals surface area contributed by atoms with Gasteiger partial charge in [0.05, 0.1) is 5.56 Å². The van der Waals surface area contributed by atoms with Crippen molar-refractivity contribution in [2.24, 2.45) is 0 Å². The summed E-state index contributed by atoms with van der Waals surface area (Å²) in [6, 6.07) is 15.4. The molecule has 4 nitrogen and oxygen atoms in total. The number of ether oxygens (including phenoxy) is 2. The number of hydrogen-bond acceptors (Lipinski definition) is 5. The van der Waals surface area contributed by atoms with Crippen LogP contribution in [0, 0.1) is 0 Å². The van der Waals surface area contributed by atoms with Crippen molar-refractivity contribution in [3.05, 3.63) is 86.8 Å². The fraction of sp³-hybridized carbons (Fsp3) is 0.0476. The number of hydrogen-bond donors (Lipinski definition) is 0. The summed E-state index contributed by atoms with van der Waals surface area (Å²) in [5, 5.41) is 2.50. The molecule has 0 atom stereocenters. The average molecular weight is 397 g/mol. The summed E-state index contributed by atoms with van der Waals surface area (Å²) < 4.78 is 11.2. The van der Waals surface area contributed by atoms with E-state index >= 15 is 0 Å². The number of carbonyl (C=O) groups excluding carboxylic acids is 2. The number of rotatable bonds is 5. The van der Waals surface area contributed by atoms with Crippen molar-refractivity contribution in [3.63, 3.8) is 0 Å². The van der Waals surface area contributed by atoms with Gasteiger partial charge in [0.2, 0.25) is 5.78 Å². The first-order valence-electron chi connectivity index (χ1n) is 8.13. The molecule has 0 radical (unpaired) electrons. The Balaban J connectivity index is 1.46. The van der Waals surface area contributed by atoms with Crippen molar-refractivity contribution in [2.75, 3.05) is 6.61 Å². The van der Waals surface area contributed by atoms with Crippen LogP contribution < -0.4 is 9.47 Å². The Morgan fingerprint density at radius 1 is 1.15 bits per heavy atom. The third kappa shape index (κ3) is 3.79. The Labute approximate surface area is 164 Å². The number of Topliss-reactive ketones (excluding diaryl/α,β-unsaturated/α-hetero) is 2. The van der Waals surface area contributed by atoms with Gasteiger partial charge >= 0.3 is 0 Å². The molecule has 0 unspecified atom stereocenters. The third-order valence-corrected chi connectivity index (χ3v) is 5.07. The zero-order valence-electron chi connectivity index (χ0n) is 14.0. The highest BCUT2D eigenvalue weighted by Gasteiger charge is 2.27. The molecular weight excluding hydrogens is 384 g/mol. The lowest BCUT2D eigenvalue weighted by atomic mass is 10.1. The number of benzene rings is 2. The molecule has 2 aromatic carbocycles. The summed E-state index contributed by atoms with van der Waals surface area (Å²) in [7, 11) is 0. The van der Waals surface area contributed by atoms with Gasteiger partial charge in [0, 0.05) is 27.6 Å². The van der Waals surface area contributed by atoms with Gasteiger partial charge in [0.15, 0.2) is 18.1 Å². The second kappa shape index (κ2) is 7.39. The molecule has 0 N–H and O–H groups in total. The molecule has 1 aromatic heterocycles. The Bertz CT molecular complexity index is 1040. The maximum atomic E-state index is 12.4. The highest BCUT2D eigenvalue weighted by atomic mass is 35.5. The quantitative estimate of drug-likeness (QED) is 0.435. The van der Waals surface area contributed by atoms with E-state index in [1.807, 2.05) is 17.5 Å². The van der Waals surface area contributed by atoms with Gasteiger partial charge in [-0.2, -0.15) is 0 Å². The number of carbonyl (C=O) groups is 2. The lowest BCUT2D eigenvalue weighted by molar-refractivity contribution is 0.0921. The van der Waals surface area contributed by atoms with Gasteiger partial charge in [-0.1, -0.05) is 17.7 Å². The van der Waals surface area contributed by atoms with Gasteiger partial charge in [0.25, 0.3) is 0 Å². The van der Waals surface area contributed by atoms with Crippen LogP contribution in [0.15, 0.2) is 65.7 Å². The molecule has 0 fully saturated rings. The highest BCUT2D eigenvalue weighted by Crippen LogP contribution is 2.35. The first kappa shape index (κ1) is 17.5. The molecule has 0 amide bonds. The van der Waals surface area contributed by atoms with Crippen molar-refractivity contribution >= 4 is 40.6 Å². The second-order valence-corrected chi connectivity index (χ2v) is 7.25. The van der Waals surface area contributed by atoms with Gasteiger partial charge in [-0.05, 0) is 47.8 Å². The van der Waals surface area contributed by atoms with Crippen molar-refractivity contribution in [2.45, 2.75) is 0 Å². The van der Waals surface area contributed by atoms with E-state index < -0.39 is 0 Å². The standard InChI is InChI=1S/C21H13ClO4S/c22-14-5-3-13(4-6-14)18(23)12-25-15-7-8-17-19(10-15)26-20(21(17)24)11-16-2-1-9-27-16/h1-11H,12H2/b20-11-. The van der Waals surface area contributed by atoms with E-state index in [4.69, 9.17) is 21.1 Å². The Hall–Kier alpha value is -2.89. The van der Waals surface area contributed by atoms with E-state index in [-0.39, 0.29) is 23.9 Å². The molecule has 6 heteroatoms. The van der Waals surface area contributed by atoms with E-state index in [2.05, 4.69) is 0 Å². The van der Waals surface area contributed by atoms with Crippen LogP contribution in [0.4, 0.5) is 0 Å².